The number of halogens is 1. The maximum absolute atomic E-state index is 14.0. The Morgan fingerprint density at radius 2 is 1.76 bits per heavy atom. The molecule has 204 valence electrons. The van der Waals surface area contributed by atoms with E-state index in [1.54, 1.807) is 25.3 Å². The number of carbonyl (C=O) groups is 3. The highest BCUT2D eigenvalue weighted by Crippen LogP contribution is 2.41. The number of carbonyl (C=O) groups excluding carboxylic acids is 3. The van der Waals surface area contributed by atoms with E-state index >= 15 is 0 Å². The number of rotatable bonds is 5. The lowest BCUT2D eigenvalue weighted by Gasteiger charge is -2.37. The molecule has 0 spiro atoms. The van der Waals surface area contributed by atoms with Crippen LogP contribution in [0.3, 0.4) is 0 Å². The highest BCUT2D eigenvalue weighted by Gasteiger charge is 2.38. The fraction of sp³-hybridized carbons (Fsp3) is 0.182. The topological polar surface area (TPSA) is 82.7 Å². The van der Waals surface area contributed by atoms with E-state index in [1.165, 1.54) is 10.5 Å². The summed E-state index contributed by atoms with van der Waals surface area (Å²) in [5, 5.41) is 3.26. The summed E-state index contributed by atoms with van der Waals surface area (Å²) < 4.78 is 6.23. The molecule has 2 aliphatic rings. The highest BCUT2D eigenvalue weighted by molar-refractivity contribution is 9.10. The number of amides is 3. The van der Waals surface area contributed by atoms with Crippen molar-refractivity contribution in [3.63, 3.8) is 0 Å². The zero-order valence-corrected chi connectivity index (χ0v) is 23.9. The second-order valence-electron chi connectivity index (χ2n) is 10.4. The molecule has 7 rings (SSSR count). The quantitative estimate of drug-likeness (QED) is 0.239. The van der Waals surface area contributed by atoms with Crippen LogP contribution in [0.5, 0.6) is 5.75 Å². The Morgan fingerprint density at radius 3 is 2.61 bits per heavy atom. The van der Waals surface area contributed by atoms with Gasteiger partial charge in [-0.1, -0.05) is 58.4 Å². The summed E-state index contributed by atoms with van der Waals surface area (Å²) in [6, 6.07) is 25.1. The Kier molecular flexibility index (Phi) is 6.16. The van der Waals surface area contributed by atoms with Gasteiger partial charge in [-0.15, -0.1) is 0 Å². The summed E-state index contributed by atoms with van der Waals surface area (Å²) in [7, 11) is 1.66. The molecule has 0 saturated carbocycles. The molecule has 1 N–H and O–H groups in total. The molecule has 1 unspecified atom stereocenters. The van der Waals surface area contributed by atoms with Gasteiger partial charge in [-0.25, -0.2) is 0 Å². The zero-order valence-electron chi connectivity index (χ0n) is 22.3. The Labute approximate surface area is 244 Å². The van der Waals surface area contributed by atoms with Crippen molar-refractivity contribution in [2.75, 3.05) is 20.2 Å². The molecule has 1 aromatic heterocycles. The first-order valence-electron chi connectivity index (χ1n) is 13.6. The lowest BCUT2D eigenvalue weighted by atomic mass is 9.89. The number of aromatic amines is 1. The van der Waals surface area contributed by atoms with Crippen LogP contribution in [0, 0.1) is 0 Å². The van der Waals surface area contributed by atoms with E-state index in [0.29, 0.717) is 24.1 Å². The van der Waals surface area contributed by atoms with Gasteiger partial charge in [0.1, 0.15) is 5.75 Å². The minimum atomic E-state index is -0.366. The largest absolute Gasteiger partial charge is 0.497 e. The molecular weight excluding hydrogens is 582 g/mol. The maximum atomic E-state index is 14.0. The minimum Gasteiger partial charge on any atom is -0.497 e. The van der Waals surface area contributed by atoms with Gasteiger partial charge < -0.3 is 14.6 Å². The number of H-pyrrole nitrogens is 1. The van der Waals surface area contributed by atoms with Gasteiger partial charge in [0.15, 0.2) is 0 Å². The normalized spacial score (nSPS) is 16.4. The Balaban J connectivity index is 1.26. The van der Waals surface area contributed by atoms with Crippen molar-refractivity contribution in [3.05, 3.63) is 111 Å². The SMILES string of the molecule is COc1ccc2[nH]c3c(c2c1)CCN(C(=O)CCN1C(=O)c2ccc(Br)cc2C1=O)C3c1cccc2ccccc12. The first kappa shape index (κ1) is 25.5. The van der Waals surface area contributed by atoms with E-state index in [-0.39, 0.29) is 36.7 Å². The minimum absolute atomic E-state index is 0.0261. The number of nitrogens with zero attached hydrogens (tertiary/aromatic N) is 2. The molecule has 41 heavy (non-hydrogen) atoms. The van der Waals surface area contributed by atoms with E-state index in [0.717, 1.165) is 43.2 Å². The second kappa shape index (κ2) is 9.89. The Hall–Kier alpha value is -4.43. The van der Waals surface area contributed by atoms with Crippen molar-refractivity contribution >= 4 is 55.3 Å². The number of aromatic nitrogens is 1. The molecule has 0 fully saturated rings. The van der Waals surface area contributed by atoms with Gasteiger partial charge >= 0.3 is 0 Å². The predicted molar refractivity (Wildman–Crippen MR) is 160 cm³/mol. The third-order valence-corrected chi connectivity index (χ3v) is 8.75. The molecule has 3 heterocycles. The number of ether oxygens (including phenoxy) is 1. The van der Waals surface area contributed by atoms with Crippen LogP contribution in [0.1, 0.15) is 50.0 Å². The molecule has 8 heteroatoms. The molecule has 4 aromatic carbocycles. The number of methoxy groups -OCH3 is 1. The third kappa shape index (κ3) is 4.13. The summed E-state index contributed by atoms with van der Waals surface area (Å²) >= 11 is 3.37. The summed E-state index contributed by atoms with van der Waals surface area (Å²) in [6.45, 7) is 0.539. The van der Waals surface area contributed by atoms with Crippen LogP contribution in [0.4, 0.5) is 0 Å². The van der Waals surface area contributed by atoms with E-state index in [2.05, 4.69) is 45.2 Å². The smallest absolute Gasteiger partial charge is 0.261 e. The maximum Gasteiger partial charge on any atom is 0.261 e. The molecule has 7 nitrogen and oxygen atoms in total. The van der Waals surface area contributed by atoms with Gasteiger partial charge in [0, 0.05) is 40.6 Å². The Bertz CT molecular complexity index is 1890. The van der Waals surface area contributed by atoms with Crippen molar-refractivity contribution in [2.24, 2.45) is 0 Å². The fourth-order valence-electron chi connectivity index (χ4n) is 6.29. The first-order chi connectivity index (χ1) is 19.9. The van der Waals surface area contributed by atoms with Gasteiger partial charge in [-0.2, -0.15) is 0 Å². The van der Waals surface area contributed by atoms with Crippen LogP contribution >= 0.6 is 15.9 Å². The lowest BCUT2D eigenvalue weighted by Crippen LogP contribution is -2.42. The molecule has 3 amide bonds. The van der Waals surface area contributed by atoms with Crippen LogP contribution in [-0.4, -0.2) is 52.7 Å². The lowest BCUT2D eigenvalue weighted by molar-refractivity contribution is -0.133. The van der Waals surface area contributed by atoms with Crippen LogP contribution in [0.2, 0.25) is 0 Å². The molecule has 0 saturated heterocycles. The number of benzene rings is 4. The van der Waals surface area contributed by atoms with E-state index < -0.39 is 0 Å². The van der Waals surface area contributed by atoms with E-state index in [4.69, 9.17) is 4.74 Å². The van der Waals surface area contributed by atoms with Crippen molar-refractivity contribution in [1.82, 2.24) is 14.8 Å². The van der Waals surface area contributed by atoms with Crippen molar-refractivity contribution in [1.29, 1.82) is 0 Å². The van der Waals surface area contributed by atoms with E-state index in [9.17, 15) is 14.4 Å². The van der Waals surface area contributed by atoms with Gasteiger partial charge in [0.2, 0.25) is 5.91 Å². The molecule has 0 aliphatic carbocycles. The van der Waals surface area contributed by atoms with Gasteiger partial charge in [0.25, 0.3) is 11.8 Å². The average Bonchev–Trinajstić information content (AvgIpc) is 3.48. The number of hydrogen-bond acceptors (Lipinski definition) is 4. The molecular formula is C33H26BrN3O4. The highest BCUT2D eigenvalue weighted by atomic mass is 79.9. The first-order valence-corrected chi connectivity index (χ1v) is 14.4. The van der Waals surface area contributed by atoms with Crippen molar-refractivity contribution in [3.8, 4) is 5.75 Å². The van der Waals surface area contributed by atoms with Crippen LogP contribution < -0.4 is 4.74 Å². The van der Waals surface area contributed by atoms with Crippen molar-refractivity contribution < 1.29 is 19.1 Å². The van der Waals surface area contributed by atoms with E-state index in [1.807, 2.05) is 41.3 Å². The average molecular weight is 608 g/mol. The summed E-state index contributed by atoms with van der Waals surface area (Å²) in [4.78, 5) is 46.7. The second-order valence-corrected chi connectivity index (χ2v) is 11.4. The standard InChI is InChI=1S/C33H26BrN3O4/c1-41-21-10-12-28-26(18-21)23-13-15-36(31(30(23)35-28)24-8-4-6-19-5-2-3-7-22(19)24)29(38)14-16-37-32(39)25-11-9-20(34)17-27(25)33(37)40/h2-12,17-18,31,35H,13-16H2,1H3. The predicted octanol–water partition coefficient (Wildman–Crippen LogP) is 6.25. The molecule has 5 aromatic rings. The van der Waals surface area contributed by atoms with Crippen molar-refractivity contribution in [2.45, 2.75) is 18.9 Å². The number of imide groups is 1. The van der Waals surface area contributed by atoms with Crippen LogP contribution in [0.15, 0.2) is 83.3 Å². The Morgan fingerprint density at radius 1 is 0.951 bits per heavy atom. The summed E-state index contributed by atoms with van der Waals surface area (Å²) in [6.07, 6.45) is 0.716. The number of nitrogens with one attached hydrogen (secondary N) is 1. The molecule has 0 radical (unpaired) electrons. The fourth-order valence-corrected chi connectivity index (χ4v) is 6.65. The van der Waals surface area contributed by atoms with Gasteiger partial charge in [-0.05, 0) is 64.7 Å². The number of fused-ring (bicyclic) bond motifs is 5. The zero-order chi connectivity index (χ0) is 28.2. The number of hydrogen-bond donors (Lipinski definition) is 1. The molecule has 1 atom stereocenters. The van der Waals surface area contributed by atoms with Crippen LogP contribution in [-0.2, 0) is 11.2 Å². The molecule has 0 bridgehead atoms. The van der Waals surface area contributed by atoms with Crippen LogP contribution in [0.25, 0.3) is 21.7 Å². The monoisotopic (exact) mass is 607 g/mol. The summed E-state index contributed by atoms with van der Waals surface area (Å²) in [5.74, 6) is -0.0494. The van der Waals surface area contributed by atoms with Gasteiger partial charge in [0.05, 0.1) is 24.3 Å². The van der Waals surface area contributed by atoms with Gasteiger partial charge in [-0.3, -0.25) is 19.3 Å². The molecule has 2 aliphatic heterocycles. The third-order valence-electron chi connectivity index (χ3n) is 8.25. The summed E-state index contributed by atoms with van der Waals surface area (Å²) in [5.41, 5.74) is 4.91.